The fourth-order valence-corrected chi connectivity index (χ4v) is 3.54. The van der Waals surface area contributed by atoms with E-state index >= 15 is 0 Å². The number of carbonyl (C=O) groups excluding carboxylic acids is 1. The van der Waals surface area contributed by atoms with Crippen molar-refractivity contribution in [2.75, 3.05) is 33.2 Å². The maximum absolute atomic E-state index is 12.5. The number of hydrogen-bond donors (Lipinski definition) is 1. The van der Waals surface area contributed by atoms with Crippen molar-refractivity contribution in [1.82, 2.24) is 15.3 Å². The van der Waals surface area contributed by atoms with Crippen molar-refractivity contribution in [2.45, 2.75) is 57.8 Å². The number of carbonyl (C=O) groups is 1. The van der Waals surface area contributed by atoms with Crippen LogP contribution in [-0.4, -0.2) is 49.0 Å². The summed E-state index contributed by atoms with van der Waals surface area (Å²) in [5.41, 5.74) is 3.10. The molecule has 2 rings (SSSR count). The van der Waals surface area contributed by atoms with Crippen LogP contribution in [0.1, 0.15) is 57.8 Å². The topological polar surface area (TPSA) is 35.6 Å². The molecule has 0 aromatic carbocycles. The molecule has 1 N–H and O–H groups in total. The van der Waals surface area contributed by atoms with Crippen LogP contribution in [0, 0.1) is 5.92 Å². The summed E-state index contributed by atoms with van der Waals surface area (Å²) >= 11 is 0. The highest BCUT2D eigenvalue weighted by Crippen LogP contribution is 2.25. The largest absolute Gasteiger partial charge is 0.303 e. The molecule has 2 aliphatic rings. The van der Waals surface area contributed by atoms with E-state index in [0.29, 0.717) is 5.91 Å². The Morgan fingerprint density at radius 3 is 2.40 bits per heavy atom. The molecule has 1 saturated heterocycles. The lowest BCUT2D eigenvalue weighted by molar-refractivity contribution is -0.139. The smallest absolute Gasteiger partial charge is 0.239 e. The molecular weight excluding hydrogens is 250 g/mol. The standard InChI is InChI=1S/C16H31N3O/c1-17-19(16(20)15-9-4-2-5-10-15)14-8-13-18-11-6-3-7-12-18/h15,17H,2-14H2,1H3. The van der Waals surface area contributed by atoms with Gasteiger partial charge in [0.25, 0.3) is 0 Å². The Morgan fingerprint density at radius 1 is 1.10 bits per heavy atom. The number of nitrogens with zero attached hydrogens (tertiary/aromatic N) is 2. The summed E-state index contributed by atoms with van der Waals surface area (Å²) in [5, 5.41) is 1.86. The summed E-state index contributed by atoms with van der Waals surface area (Å²) < 4.78 is 0. The number of likely N-dealkylation sites (tertiary alicyclic amines) is 1. The molecule has 0 spiro atoms. The Labute approximate surface area is 123 Å². The Balaban J connectivity index is 1.69. The monoisotopic (exact) mass is 281 g/mol. The van der Waals surface area contributed by atoms with E-state index in [0.717, 1.165) is 32.4 Å². The second-order valence-corrected chi connectivity index (χ2v) is 6.30. The zero-order valence-corrected chi connectivity index (χ0v) is 13.1. The van der Waals surface area contributed by atoms with Crippen molar-refractivity contribution in [1.29, 1.82) is 0 Å². The number of hydrogen-bond acceptors (Lipinski definition) is 3. The molecule has 1 saturated carbocycles. The maximum Gasteiger partial charge on any atom is 0.239 e. The molecule has 1 aliphatic carbocycles. The Bertz CT molecular complexity index is 283. The number of rotatable bonds is 6. The van der Waals surface area contributed by atoms with Crippen molar-refractivity contribution < 1.29 is 4.79 Å². The van der Waals surface area contributed by atoms with Gasteiger partial charge in [0.1, 0.15) is 0 Å². The van der Waals surface area contributed by atoms with Crippen LogP contribution in [0.4, 0.5) is 0 Å². The van der Waals surface area contributed by atoms with E-state index in [9.17, 15) is 4.79 Å². The molecule has 0 unspecified atom stereocenters. The normalized spacial score (nSPS) is 21.9. The van der Waals surface area contributed by atoms with E-state index in [1.54, 1.807) is 0 Å². The molecule has 1 heterocycles. The third-order valence-electron chi connectivity index (χ3n) is 4.80. The third kappa shape index (κ3) is 4.74. The first-order chi connectivity index (χ1) is 9.81. The van der Waals surface area contributed by atoms with Crippen molar-refractivity contribution in [3.05, 3.63) is 0 Å². The van der Waals surface area contributed by atoms with Gasteiger partial charge in [-0.05, 0) is 51.7 Å². The molecule has 1 amide bonds. The molecule has 0 atom stereocenters. The maximum atomic E-state index is 12.5. The number of piperidine rings is 1. The summed E-state index contributed by atoms with van der Waals surface area (Å²) in [6.07, 6.45) is 11.1. The van der Waals surface area contributed by atoms with Gasteiger partial charge in [-0.2, -0.15) is 0 Å². The van der Waals surface area contributed by atoms with Gasteiger partial charge in [-0.25, -0.2) is 5.43 Å². The van der Waals surface area contributed by atoms with Crippen molar-refractivity contribution in [3.8, 4) is 0 Å². The quantitative estimate of drug-likeness (QED) is 0.759. The minimum absolute atomic E-state index is 0.270. The molecule has 0 radical (unpaired) electrons. The summed E-state index contributed by atoms with van der Waals surface area (Å²) in [5.74, 6) is 0.594. The van der Waals surface area contributed by atoms with Gasteiger partial charge in [0.15, 0.2) is 0 Å². The lowest BCUT2D eigenvalue weighted by atomic mass is 9.88. The predicted molar refractivity (Wildman–Crippen MR) is 82.3 cm³/mol. The molecule has 0 bridgehead atoms. The molecule has 1 aliphatic heterocycles. The first-order valence-corrected chi connectivity index (χ1v) is 8.52. The highest BCUT2D eigenvalue weighted by molar-refractivity contribution is 5.78. The molecule has 4 nitrogen and oxygen atoms in total. The van der Waals surface area contributed by atoms with Gasteiger partial charge >= 0.3 is 0 Å². The lowest BCUT2D eigenvalue weighted by Crippen LogP contribution is -2.45. The van der Waals surface area contributed by atoms with Gasteiger partial charge in [0.05, 0.1) is 0 Å². The van der Waals surface area contributed by atoms with E-state index in [4.69, 9.17) is 0 Å². The molecule has 0 aromatic rings. The van der Waals surface area contributed by atoms with E-state index < -0.39 is 0 Å². The lowest BCUT2D eigenvalue weighted by Gasteiger charge is -2.30. The molecular formula is C16H31N3O. The number of amides is 1. The fraction of sp³-hybridized carbons (Fsp3) is 0.938. The molecule has 0 aromatic heterocycles. The second kappa shape index (κ2) is 8.63. The van der Waals surface area contributed by atoms with Gasteiger partial charge < -0.3 is 4.90 Å². The zero-order valence-electron chi connectivity index (χ0n) is 13.1. The minimum Gasteiger partial charge on any atom is -0.303 e. The highest BCUT2D eigenvalue weighted by atomic mass is 16.2. The first-order valence-electron chi connectivity index (χ1n) is 8.52. The Morgan fingerprint density at radius 2 is 1.75 bits per heavy atom. The highest BCUT2D eigenvalue weighted by Gasteiger charge is 2.25. The Kier molecular flexibility index (Phi) is 6.80. The SMILES string of the molecule is CNN(CCCN1CCCCC1)C(=O)C1CCCCC1. The summed E-state index contributed by atoms with van der Waals surface area (Å²) in [4.78, 5) is 15.0. The van der Waals surface area contributed by atoms with Crippen LogP contribution in [0.2, 0.25) is 0 Å². The summed E-state index contributed by atoms with van der Waals surface area (Å²) in [6, 6.07) is 0. The average Bonchev–Trinajstić information content (AvgIpc) is 2.53. The van der Waals surface area contributed by atoms with Crippen LogP contribution >= 0.6 is 0 Å². The van der Waals surface area contributed by atoms with Crippen LogP contribution in [0.5, 0.6) is 0 Å². The van der Waals surface area contributed by atoms with Crippen molar-refractivity contribution in [3.63, 3.8) is 0 Å². The van der Waals surface area contributed by atoms with Gasteiger partial charge in [-0.1, -0.05) is 25.7 Å². The summed E-state index contributed by atoms with van der Waals surface area (Å²) in [7, 11) is 1.88. The van der Waals surface area contributed by atoms with Crippen LogP contribution in [0.25, 0.3) is 0 Å². The zero-order chi connectivity index (χ0) is 14.2. The van der Waals surface area contributed by atoms with Gasteiger partial charge in [0.2, 0.25) is 5.91 Å². The predicted octanol–water partition coefficient (Wildman–Crippen LogP) is 2.41. The van der Waals surface area contributed by atoms with E-state index in [1.807, 2.05) is 12.1 Å². The van der Waals surface area contributed by atoms with Gasteiger partial charge in [-0.3, -0.25) is 9.80 Å². The third-order valence-corrected chi connectivity index (χ3v) is 4.80. The van der Waals surface area contributed by atoms with Crippen LogP contribution < -0.4 is 5.43 Å². The molecule has 20 heavy (non-hydrogen) atoms. The number of hydrazine groups is 1. The van der Waals surface area contributed by atoms with Gasteiger partial charge in [-0.15, -0.1) is 0 Å². The van der Waals surface area contributed by atoms with Crippen molar-refractivity contribution >= 4 is 5.91 Å². The molecule has 2 fully saturated rings. The fourth-order valence-electron chi connectivity index (χ4n) is 3.54. The van der Waals surface area contributed by atoms with Crippen LogP contribution in [0.15, 0.2) is 0 Å². The van der Waals surface area contributed by atoms with Gasteiger partial charge in [0, 0.05) is 19.5 Å². The van der Waals surface area contributed by atoms with E-state index in [2.05, 4.69) is 10.3 Å². The van der Waals surface area contributed by atoms with Crippen molar-refractivity contribution in [2.24, 2.45) is 5.92 Å². The number of nitrogens with one attached hydrogen (secondary N) is 1. The average molecular weight is 281 g/mol. The summed E-state index contributed by atoms with van der Waals surface area (Å²) in [6.45, 7) is 4.48. The Hall–Kier alpha value is -0.610. The van der Waals surface area contributed by atoms with E-state index in [1.165, 1.54) is 51.6 Å². The second-order valence-electron chi connectivity index (χ2n) is 6.30. The minimum atomic E-state index is 0.270. The first kappa shape index (κ1) is 15.8. The van der Waals surface area contributed by atoms with E-state index in [-0.39, 0.29) is 5.92 Å². The van der Waals surface area contributed by atoms with Crippen LogP contribution in [0.3, 0.4) is 0 Å². The molecule has 4 heteroatoms. The van der Waals surface area contributed by atoms with Crippen LogP contribution in [-0.2, 0) is 4.79 Å². The molecule has 116 valence electrons.